The summed E-state index contributed by atoms with van der Waals surface area (Å²) < 4.78 is 5.10. The lowest BCUT2D eigenvalue weighted by Crippen LogP contribution is -2.15. The van der Waals surface area contributed by atoms with Gasteiger partial charge in [0, 0.05) is 28.2 Å². The van der Waals surface area contributed by atoms with Gasteiger partial charge in [-0.05, 0) is 74.4 Å². The van der Waals surface area contributed by atoms with Crippen molar-refractivity contribution in [2.24, 2.45) is 0 Å². The zero-order valence-electron chi connectivity index (χ0n) is 18.0. The number of H-pyrrole nitrogens is 1. The molecule has 0 aliphatic rings. The van der Waals surface area contributed by atoms with Crippen LogP contribution in [0.2, 0.25) is 0 Å². The molecule has 7 nitrogen and oxygen atoms in total. The molecule has 0 radical (unpaired) electrons. The Bertz CT molecular complexity index is 1110. The summed E-state index contributed by atoms with van der Waals surface area (Å²) in [6, 6.07) is 13.6. The Kier molecular flexibility index (Phi) is 6.55. The van der Waals surface area contributed by atoms with Crippen molar-refractivity contribution in [2.75, 3.05) is 17.7 Å². The number of amides is 2. The number of ether oxygens (including phenoxy) is 1. The highest BCUT2D eigenvalue weighted by Gasteiger charge is 2.21. The Morgan fingerprint density at radius 2 is 1.45 bits per heavy atom. The average molecular weight is 419 g/mol. The van der Waals surface area contributed by atoms with Crippen molar-refractivity contribution in [1.29, 1.82) is 0 Å². The van der Waals surface area contributed by atoms with Crippen LogP contribution in [0.1, 0.15) is 56.3 Å². The van der Waals surface area contributed by atoms with E-state index in [0.29, 0.717) is 51.6 Å². The highest BCUT2D eigenvalue weighted by atomic mass is 16.5. The molecule has 0 fully saturated rings. The van der Waals surface area contributed by atoms with Crippen molar-refractivity contribution in [3.63, 3.8) is 0 Å². The highest BCUT2D eigenvalue weighted by Crippen LogP contribution is 2.22. The number of hydrogen-bond acceptors (Lipinski definition) is 4. The molecule has 2 amide bonds. The van der Waals surface area contributed by atoms with Crippen LogP contribution in [0, 0.1) is 6.92 Å². The summed E-state index contributed by atoms with van der Waals surface area (Å²) in [5.74, 6) is 0.0409. The summed E-state index contributed by atoms with van der Waals surface area (Å²) in [6.07, 6.45) is 0.562. The van der Waals surface area contributed by atoms with E-state index in [1.165, 1.54) is 6.92 Å². The molecule has 3 aromatic rings. The van der Waals surface area contributed by atoms with E-state index in [1.807, 2.05) is 6.92 Å². The Morgan fingerprint density at radius 3 is 1.97 bits per heavy atom. The van der Waals surface area contributed by atoms with Crippen molar-refractivity contribution in [3.8, 4) is 5.75 Å². The molecule has 3 N–H and O–H groups in total. The number of rotatable bonds is 7. The zero-order valence-corrected chi connectivity index (χ0v) is 18.0. The molecule has 3 rings (SSSR count). The van der Waals surface area contributed by atoms with Gasteiger partial charge in [-0.25, -0.2) is 0 Å². The molecule has 0 spiro atoms. The smallest absolute Gasteiger partial charge is 0.272 e. The van der Waals surface area contributed by atoms with Crippen molar-refractivity contribution in [3.05, 3.63) is 76.6 Å². The number of Topliss-reactive ketones (excluding diaryl/α,β-unsaturated/α-hetero) is 1. The monoisotopic (exact) mass is 419 g/mol. The van der Waals surface area contributed by atoms with E-state index in [4.69, 9.17) is 4.74 Å². The minimum Gasteiger partial charge on any atom is -0.497 e. The van der Waals surface area contributed by atoms with Crippen LogP contribution < -0.4 is 15.4 Å². The first-order valence-corrected chi connectivity index (χ1v) is 9.93. The number of nitrogens with one attached hydrogen (secondary N) is 3. The number of carbonyl (C=O) groups excluding carboxylic acids is 3. The summed E-state index contributed by atoms with van der Waals surface area (Å²) >= 11 is 0. The third-order valence-corrected chi connectivity index (χ3v) is 4.98. The van der Waals surface area contributed by atoms with Crippen LogP contribution in [0.3, 0.4) is 0 Å². The van der Waals surface area contributed by atoms with Gasteiger partial charge in [0.05, 0.1) is 7.11 Å². The molecule has 0 saturated heterocycles. The molecule has 0 unspecified atom stereocenters. The van der Waals surface area contributed by atoms with E-state index in [-0.39, 0.29) is 17.6 Å². The third-order valence-electron chi connectivity index (χ3n) is 4.98. The number of ketones is 1. The molecule has 1 aromatic heterocycles. The molecular weight excluding hydrogens is 394 g/mol. The first kappa shape index (κ1) is 21.8. The second-order valence-corrected chi connectivity index (χ2v) is 7.10. The highest BCUT2D eigenvalue weighted by molar-refractivity contribution is 6.08. The van der Waals surface area contributed by atoms with E-state index in [0.717, 1.165) is 0 Å². The van der Waals surface area contributed by atoms with Crippen LogP contribution in [-0.4, -0.2) is 29.7 Å². The number of aromatic amines is 1. The largest absolute Gasteiger partial charge is 0.497 e. The van der Waals surface area contributed by atoms with Gasteiger partial charge in [0.15, 0.2) is 5.78 Å². The molecule has 7 heteroatoms. The Morgan fingerprint density at radius 1 is 0.903 bits per heavy atom. The Labute approximate surface area is 180 Å². The second-order valence-electron chi connectivity index (χ2n) is 7.10. The second kappa shape index (κ2) is 9.30. The normalized spacial score (nSPS) is 10.5. The molecule has 31 heavy (non-hydrogen) atoms. The first-order chi connectivity index (χ1) is 14.8. The fraction of sp³-hybridized carbons (Fsp3) is 0.208. The van der Waals surface area contributed by atoms with E-state index >= 15 is 0 Å². The lowest BCUT2D eigenvalue weighted by Gasteiger charge is -2.09. The standard InChI is InChI=1S/C24H25N3O4/c1-5-20-21(15(3)28)14(2)25-22(20)24(30)27-17-8-6-16(7-9-17)23(29)26-18-10-12-19(31-4)13-11-18/h6-13,25H,5H2,1-4H3,(H,26,29)(H,27,30). The van der Waals surface area contributed by atoms with Crippen LogP contribution in [0.4, 0.5) is 11.4 Å². The van der Waals surface area contributed by atoms with Crippen LogP contribution >= 0.6 is 0 Å². The maximum absolute atomic E-state index is 12.8. The molecule has 0 bridgehead atoms. The predicted octanol–water partition coefficient (Wildman–Crippen LogP) is 4.60. The van der Waals surface area contributed by atoms with Crippen molar-refractivity contribution >= 4 is 29.0 Å². The lowest BCUT2D eigenvalue weighted by molar-refractivity contribution is 0.101. The van der Waals surface area contributed by atoms with Crippen molar-refractivity contribution < 1.29 is 19.1 Å². The summed E-state index contributed by atoms with van der Waals surface area (Å²) in [5.41, 5.74) is 3.99. The molecule has 0 aliphatic carbocycles. The Hall–Kier alpha value is -3.87. The van der Waals surface area contributed by atoms with Crippen LogP contribution in [0.5, 0.6) is 5.75 Å². The Balaban J connectivity index is 1.70. The molecule has 2 aromatic carbocycles. The van der Waals surface area contributed by atoms with Gasteiger partial charge in [-0.3, -0.25) is 14.4 Å². The number of aromatic nitrogens is 1. The van der Waals surface area contributed by atoms with Gasteiger partial charge in [-0.1, -0.05) is 6.92 Å². The molecule has 0 aliphatic heterocycles. The van der Waals surface area contributed by atoms with Gasteiger partial charge in [-0.2, -0.15) is 0 Å². The molecule has 1 heterocycles. The van der Waals surface area contributed by atoms with Crippen molar-refractivity contribution in [1.82, 2.24) is 4.98 Å². The van der Waals surface area contributed by atoms with Gasteiger partial charge in [0.25, 0.3) is 11.8 Å². The maximum Gasteiger partial charge on any atom is 0.272 e. The van der Waals surface area contributed by atoms with Gasteiger partial charge in [0.2, 0.25) is 0 Å². The van der Waals surface area contributed by atoms with Gasteiger partial charge < -0.3 is 20.4 Å². The van der Waals surface area contributed by atoms with E-state index < -0.39 is 0 Å². The quantitative estimate of drug-likeness (QED) is 0.487. The summed E-state index contributed by atoms with van der Waals surface area (Å²) in [6.45, 7) is 5.18. The van der Waals surface area contributed by atoms with Gasteiger partial charge >= 0.3 is 0 Å². The fourth-order valence-corrected chi connectivity index (χ4v) is 3.48. The minimum atomic E-state index is -0.331. The zero-order chi connectivity index (χ0) is 22.5. The topological polar surface area (TPSA) is 100 Å². The van der Waals surface area contributed by atoms with E-state index in [1.54, 1.807) is 62.6 Å². The lowest BCUT2D eigenvalue weighted by atomic mass is 10.0. The fourth-order valence-electron chi connectivity index (χ4n) is 3.48. The van der Waals surface area contributed by atoms with Crippen LogP contribution in [0.25, 0.3) is 0 Å². The first-order valence-electron chi connectivity index (χ1n) is 9.93. The SMILES string of the molecule is CCc1c(C(=O)Nc2ccc(C(=O)Nc3ccc(OC)cc3)cc2)[nH]c(C)c1C(C)=O. The van der Waals surface area contributed by atoms with Crippen LogP contribution in [0.15, 0.2) is 48.5 Å². The molecule has 0 saturated carbocycles. The third kappa shape index (κ3) is 4.83. The molecule has 0 atom stereocenters. The number of carbonyl (C=O) groups is 3. The number of hydrogen-bond donors (Lipinski definition) is 3. The summed E-state index contributed by atoms with van der Waals surface area (Å²) in [4.78, 5) is 40.1. The van der Waals surface area contributed by atoms with Crippen molar-refractivity contribution in [2.45, 2.75) is 27.2 Å². The molecular formula is C24H25N3O4. The number of methoxy groups -OCH3 is 1. The summed E-state index contributed by atoms with van der Waals surface area (Å²) in [5, 5.41) is 5.63. The average Bonchev–Trinajstić information content (AvgIpc) is 3.11. The van der Waals surface area contributed by atoms with Crippen LogP contribution in [-0.2, 0) is 6.42 Å². The number of anilines is 2. The predicted molar refractivity (Wildman–Crippen MR) is 120 cm³/mol. The number of benzene rings is 2. The molecule has 160 valence electrons. The summed E-state index contributed by atoms with van der Waals surface area (Å²) in [7, 11) is 1.58. The minimum absolute atomic E-state index is 0.0723. The van der Waals surface area contributed by atoms with Gasteiger partial charge in [0.1, 0.15) is 11.4 Å². The van der Waals surface area contributed by atoms with E-state index in [9.17, 15) is 14.4 Å². The van der Waals surface area contributed by atoms with E-state index in [2.05, 4.69) is 15.6 Å². The number of aryl methyl sites for hydroxylation is 1. The maximum atomic E-state index is 12.8. The van der Waals surface area contributed by atoms with Gasteiger partial charge in [-0.15, -0.1) is 0 Å².